The first kappa shape index (κ1) is 13.4. The summed E-state index contributed by atoms with van der Waals surface area (Å²) in [6.45, 7) is -0.133. The molecule has 7 nitrogen and oxygen atoms in total. The fourth-order valence-corrected chi connectivity index (χ4v) is 1.40. The van der Waals surface area contributed by atoms with E-state index in [1.165, 1.54) is 37.3 Å². The second kappa shape index (κ2) is 5.63. The lowest BCUT2D eigenvalue weighted by molar-refractivity contribution is -0.384. The molecule has 0 amide bonds. The van der Waals surface area contributed by atoms with Crippen molar-refractivity contribution in [3.05, 3.63) is 33.9 Å². The number of benzene rings is 1. The van der Waals surface area contributed by atoms with Gasteiger partial charge in [-0.05, 0) is 12.1 Å². The molecule has 1 rings (SSSR count). The van der Waals surface area contributed by atoms with Crippen LogP contribution in [0.5, 0.6) is 0 Å². The Morgan fingerprint density at radius 2 is 2.28 bits per heavy atom. The minimum atomic E-state index is -0.565. The van der Waals surface area contributed by atoms with Crippen molar-refractivity contribution >= 4 is 17.3 Å². The van der Waals surface area contributed by atoms with Gasteiger partial charge >= 0.3 is 5.97 Å². The number of nitriles is 1. The highest BCUT2D eigenvalue weighted by Crippen LogP contribution is 2.28. The molecule has 18 heavy (non-hydrogen) atoms. The molecule has 1 aromatic carbocycles. The Labute approximate surface area is 103 Å². The average molecular weight is 249 g/mol. The number of hydrogen-bond acceptors (Lipinski definition) is 6. The fraction of sp³-hybridized carbons (Fsp3) is 0.273. The molecular formula is C11H11N3O4. The summed E-state index contributed by atoms with van der Waals surface area (Å²) >= 11 is 0. The summed E-state index contributed by atoms with van der Waals surface area (Å²) in [5, 5.41) is 19.6. The zero-order valence-electron chi connectivity index (χ0n) is 9.91. The number of nitrogens with zero attached hydrogens (tertiary/aromatic N) is 3. The van der Waals surface area contributed by atoms with Crippen molar-refractivity contribution in [1.29, 1.82) is 5.26 Å². The molecule has 0 bridgehead atoms. The first-order chi connectivity index (χ1) is 8.49. The number of esters is 1. The zero-order valence-corrected chi connectivity index (χ0v) is 9.91. The Bertz CT molecular complexity index is 522. The number of rotatable bonds is 4. The third-order valence-electron chi connectivity index (χ3n) is 2.31. The Kier molecular flexibility index (Phi) is 4.21. The van der Waals surface area contributed by atoms with Crippen LogP contribution in [-0.2, 0) is 9.53 Å². The summed E-state index contributed by atoms with van der Waals surface area (Å²) < 4.78 is 4.48. The fourth-order valence-electron chi connectivity index (χ4n) is 1.40. The summed E-state index contributed by atoms with van der Waals surface area (Å²) in [6.07, 6.45) is 0. The monoisotopic (exact) mass is 249 g/mol. The minimum Gasteiger partial charge on any atom is -0.468 e. The molecule has 0 aliphatic heterocycles. The predicted octanol–water partition coefficient (Wildman–Crippen LogP) is 1.08. The number of hydrogen-bond donors (Lipinski definition) is 0. The summed E-state index contributed by atoms with van der Waals surface area (Å²) in [4.78, 5) is 22.8. The van der Waals surface area contributed by atoms with E-state index >= 15 is 0 Å². The Hall–Kier alpha value is -2.62. The van der Waals surface area contributed by atoms with E-state index < -0.39 is 10.9 Å². The van der Waals surface area contributed by atoms with Crippen molar-refractivity contribution in [2.24, 2.45) is 0 Å². The van der Waals surface area contributed by atoms with Crippen molar-refractivity contribution in [3.63, 3.8) is 0 Å². The van der Waals surface area contributed by atoms with E-state index in [1.807, 2.05) is 6.07 Å². The van der Waals surface area contributed by atoms with Crippen LogP contribution in [0.15, 0.2) is 18.2 Å². The molecule has 0 aromatic heterocycles. The van der Waals surface area contributed by atoms with Gasteiger partial charge in [-0.3, -0.25) is 14.9 Å². The van der Waals surface area contributed by atoms with Gasteiger partial charge in [0.2, 0.25) is 0 Å². The molecule has 0 spiro atoms. The van der Waals surface area contributed by atoms with E-state index in [4.69, 9.17) is 5.26 Å². The highest BCUT2D eigenvalue weighted by molar-refractivity contribution is 5.77. The van der Waals surface area contributed by atoms with Crippen LogP contribution in [0.2, 0.25) is 0 Å². The molecule has 0 heterocycles. The lowest BCUT2D eigenvalue weighted by Gasteiger charge is -2.17. The Morgan fingerprint density at radius 1 is 1.61 bits per heavy atom. The van der Waals surface area contributed by atoms with Gasteiger partial charge in [0, 0.05) is 13.1 Å². The highest BCUT2D eigenvalue weighted by Gasteiger charge is 2.19. The van der Waals surface area contributed by atoms with Gasteiger partial charge in [0.1, 0.15) is 12.2 Å². The van der Waals surface area contributed by atoms with Gasteiger partial charge in [0.25, 0.3) is 5.69 Å². The third-order valence-corrected chi connectivity index (χ3v) is 2.31. The second-order valence-electron chi connectivity index (χ2n) is 3.50. The SMILES string of the molecule is COC(=O)CN(C)c1cc(C#N)ccc1[N+](=O)[O-]. The standard InChI is InChI=1S/C11H11N3O4/c1-13(7-11(15)18-2)10-5-8(6-12)3-4-9(10)14(16)17/h3-5H,7H2,1-2H3. The number of methoxy groups -OCH3 is 1. The molecule has 0 aliphatic rings. The molecule has 7 heteroatoms. The van der Waals surface area contributed by atoms with E-state index in [0.29, 0.717) is 0 Å². The van der Waals surface area contributed by atoms with Crippen LogP contribution >= 0.6 is 0 Å². The molecule has 0 saturated heterocycles. The molecule has 0 aliphatic carbocycles. The van der Waals surface area contributed by atoms with Crippen molar-refractivity contribution in [2.45, 2.75) is 0 Å². The van der Waals surface area contributed by atoms with E-state index in [2.05, 4.69) is 4.74 Å². The summed E-state index contributed by atoms with van der Waals surface area (Å²) in [7, 11) is 2.75. The van der Waals surface area contributed by atoms with E-state index in [1.54, 1.807) is 0 Å². The van der Waals surface area contributed by atoms with Crippen LogP contribution in [0.1, 0.15) is 5.56 Å². The van der Waals surface area contributed by atoms with E-state index in [0.717, 1.165) is 0 Å². The van der Waals surface area contributed by atoms with Gasteiger partial charge < -0.3 is 9.64 Å². The van der Waals surface area contributed by atoms with Gasteiger partial charge in [-0.25, -0.2) is 0 Å². The number of anilines is 1. The summed E-state index contributed by atoms with van der Waals surface area (Å²) in [6, 6.07) is 5.84. The van der Waals surface area contributed by atoms with E-state index in [-0.39, 0.29) is 23.5 Å². The third kappa shape index (κ3) is 2.95. The van der Waals surface area contributed by atoms with Crippen molar-refractivity contribution < 1.29 is 14.5 Å². The largest absolute Gasteiger partial charge is 0.468 e. The quantitative estimate of drug-likeness (QED) is 0.450. The topological polar surface area (TPSA) is 96.5 Å². The van der Waals surface area contributed by atoms with Crippen LogP contribution < -0.4 is 4.90 Å². The highest BCUT2D eigenvalue weighted by atomic mass is 16.6. The van der Waals surface area contributed by atoms with Crippen LogP contribution in [0.25, 0.3) is 0 Å². The van der Waals surface area contributed by atoms with Crippen LogP contribution in [0.4, 0.5) is 11.4 Å². The number of carbonyl (C=O) groups excluding carboxylic acids is 1. The molecule has 0 radical (unpaired) electrons. The average Bonchev–Trinajstić information content (AvgIpc) is 2.37. The molecule has 0 atom stereocenters. The minimum absolute atomic E-state index is 0.133. The Morgan fingerprint density at radius 3 is 2.78 bits per heavy atom. The van der Waals surface area contributed by atoms with Gasteiger partial charge in [-0.15, -0.1) is 0 Å². The number of carbonyl (C=O) groups is 1. The maximum atomic E-state index is 11.1. The van der Waals surface area contributed by atoms with Gasteiger partial charge in [0.05, 0.1) is 23.7 Å². The molecule has 0 fully saturated rings. The summed E-state index contributed by atoms with van der Waals surface area (Å²) in [5.41, 5.74) is 0.317. The van der Waals surface area contributed by atoms with E-state index in [9.17, 15) is 14.9 Å². The van der Waals surface area contributed by atoms with Crippen molar-refractivity contribution in [3.8, 4) is 6.07 Å². The number of ether oxygens (including phenoxy) is 1. The van der Waals surface area contributed by atoms with Crippen molar-refractivity contribution in [1.82, 2.24) is 0 Å². The van der Waals surface area contributed by atoms with Gasteiger partial charge in [-0.2, -0.15) is 5.26 Å². The first-order valence-electron chi connectivity index (χ1n) is 4.96. The molecular weight excluding hydrogens is 238 g/mol. The predicted molar refractivity (Wildman–Crippen MR) is 63.1 cm³/mol. The number of nitro benzene ring substituents is 1. The first-order valence-corrected chi connectivity index (χ1v) is 4.96. The zero-order chi connectivity index (χ0) is 13.7. The normalized spacial score (nSPS) is 9.39. The maximum Gasteiger partial charge on any atom is 0.325 e. The number of likely N-dealkylation sites (N-methyl/N-ethyl adjacent to an activating group) is 1. The molecule has 0 N–H and O–H groups in total. The van der Waals surface area contributed by atoms with Gasteiger partial charge in [0.15, 0.2) is 0 Å². The summed E-state index contributed by atoms with van der Waals surface area (Å²) in [5.74, 6) is -0.519. The molecule has 0 saturated carbocycles. The Balaban J connectivity index is 3.15. The van der Waals surface area contributed by atoms with Crippen LogP contribution in [0, 0.1) is 21.4 Å². The molecule has 1 aromatic rings. The smallest absolute Gasteiger partial charge is 0.325 e. The molecule has 94 valence electrons. The second-order valence-corrected chi connectivity index (χ2v) is 3.50. The molecule has 0 unspecified atom stereocenters. The van der Waals surface area contributed by atoms with Crippen molar-refractivity contribution in [2.75, 3.05) is 25.6 Å². The maximum absolute atomic E-state index is 11.1. The number of nitro groups is 1. The van der Waals surface area contributed by atoms with Crippen LogP contribution in [-0.4, -0.2) is 31.6 Å². The lowest BCUT2D eigenvalue weighted by Crippen LogP contribution is -2.27. The van der Waals surface area contributed by atoms with Crippen LogP contribution in [0.3, 0.4) is 0 Å². The lowest BCUT2D eigenvalue weighted by atomic mass is 10.1. The van der Waals surface area contributed by atoms with Gasteiger partial charge in [-0.1, -0.05) is 0 Å².